The number of ether oxygens (including phenoxy) is 1. The molecular formula is C15H14O2. The zero-order chi connectivity index (χ0) is 12.1. The number of hydrogen-bond donors (Lipinski definition) is 0. The molecule has 0 unspecified atom stereocenters. The molecule has 0 aliphatic carbocycles. The summed E-state index contributed by atoms with van der Waals surface area (Å²) in [6.07, 6.45) is 0. The first-order chi connectivity index (χ1) is 8.25. The molecule has 2 aromatic carbocycles. The number of para-hydroxylation sites is 1. The Labute approximate surface area is 101 Å². The second-order valence-electron chi connectivity index (χ2n) is 3.86. The maximum atomic E-state index is 11.2. The van der Waals surface area contributed by atoms with Crippen LogP contribution in [0.2, 0.25) is 0 Å². The van der Waals surface area contributed by atoms with Crippen molar-refractivity contribution in [3.63, 3.8) is 0 Å². The summed E-state index contributed by atoms with van der Waals surface area (Å²) in [6, 6.07) is 17.1. The lowest BCUT2D eigenvalue weighted by Gasteiger charge is -2.06. The van der Waals surface area contributed by atoms with Crippen molar-refractivity contribution in [2.24, 2.45) is 0 Å². The van der Waals surface area contributed by atoms with Crippen molar-refractivity contribution in [3.8, 4) is 5.75 Å². The predicted octanol–water partition coefficient (Wildman–Crippen LogP) is 3.47. The molecule has 0 aliphatic rings. The molecule has 0 aliphatic heterocycles. The molecule has 0 N–H and O–H groups in total. The number of ketones is 1. The van der Waals surface area contributed by atoms with Gasteiger partial charge in [-0.25, -0.2) is 0 Å². The molecule has 2 nitrogen and oxygen atoms in total. The van der Waals surface area contributed by atoms with E-state index in [1.54, 1.807) is 6.92 Å². The van der Waals surface area contributed by atoms with Crippen LogP contribution >= 0.6 is 0 Å². The minimum atomic E-state index is 0.0755. The van der Waals surface area contributed by atoms with Gasteiger partial charge in [0.05, 0.1) is 0 Å². The molecule has 0 saturated heterocycles. The molecule has 0 atom stereocenters. The van der Waals surface area contributed by atoms with E-state index in [1.165, 1.54) is 0 Å². The van der Waals surface area contributed by atoms with Gasteiger partial charge in [0.1, 0.15) is 12.4 Å². The van der Waals surface area contributed by atoms with Crippen molar-refractivity contribution in [1.82, 2.24) is 0 Å². The number of hydrogen-bond acceptors (Lipinski definition) is 2. The maximum Gasteiger partial charge on any atom is 0.159 e. The quantitative estimate of drug-likeness (QED) is 0.746. The number of Topliss-reactive ketones (excluding diaryl/α,β-unsaturated/α-hetero) is 1. The van der Waals surface area contributed by atoms with Crippen LogP contribution in [0.1, 0.15) is 22.8 Å². The van der Waals surface area contributed by atoms with Gasteiger partial charge in [-0.05, 0) is 30.7 Å². The highest BCUT2D eigenvalue weighted by Crippen LogP contribution is 2.12. The van der Waals surface area contributed by atoms with Gasteiger partial charge in [0, 0.05) is 5.56 Å². The Hall–Kier alpha value is -2.09. The SMILES string of the molecule is CC(=O)c1cccc(COc2ccccc2)c1. The Morgan fingerprint density at radius 2 is 1.82 bits per heavy atom. The molecule has 0 amide bonds. The van der Waals surface area contributed by atoms with E-state index >= 15 is 0 Å². The molecule has 17 heavy (non-hydrogen) atoms. The van der Waals surface area contributed by atoms with Crippen LogP contribution in [0.5, 0.6) is 5.75 Å². The van der Waals surface area contributed by atoms with Gasteiger partial charge >= 0.3 is 0 Å². The van der Waals surface area contributed by atoms with Crippen LogP contribution in [0.3, 0.4) is 0 Å². The zero-order valence-electron chi connectivity index (χ0n) is 9.72. The zero-order valence-corrected chi connectivity index (χ0v) is 9.72. The van der Waals surface area contributed by atoms with Gasteiger partial charge < -0.3 is 4.74 Å². The summed E-state index contributed by atoms with van der Waals surface area (Å²) < 4.78 is 5.62. The first kappa shape index (κ1) is 11.4. The third-order valence-corrected chi connectivity index (χ3v) is 2.48. The highest BCUT2D eigenvalue weighted by atomic mass is 16.5. The Kier molecular flexibility index (Phi) is 3.55. The second kappa shape index (κ2) is 5.30. The van der Waals surface area contributed by atoms with Gasteiger partial charge in [0.15, 0.2) is 5.78 Å². The standard InChI is InChI=1S/C15H14O2/c1-12(16)14-7-5-6-13(10-14)11-17-15-8-3-2-4-9-15/h2-10H,11H2,1H3. The van der Waals surface area contributed by atoms with Gasteiger partial charge in [-0.3, -0.25) is 4.79 Å². The van der Waals surface area contributed by atoms with Crippen LogP contribution in [0, 0.1) is 0 Å². The molecule has 0 spiro atoms. The number of benzene rings is 2. The van der Waals surface area contributed by atoms with Crippen molar-refractivity contribution >= 4 is 5.78 Å². The van der Waals surface area contributed by atoms with E-state index in [0.717, 1.165) is 16.9 Å². The lowest BCUT2D eigenvalue weighted by molar-refractivity contribution is 0.101. The van der Waals surface area contributed by atoms with Crippen molar-refractivity contribution in [2.45, 2.75) is 13.5 Å². The van der Waals surface area contributed by atoms with Gasteiger partial charge in [-0.15, -0.1) is 0 Å². The molecule has 86 valence electrons. The average Bonchev–Trinajstić information content (AvgIpc) is 2.38. The third kappa shape index (κ3) is 3.18. The van der Waals surface area contributed by atoms with Crippen LogP contribution in [0.25, 0.3) is 0 Å². The van der Waals surface area contributed by atoms with E-state index in [0.29, 0.717) is 6.61 Å². The minimum Gasteiger partial charge on any atom is -0.489 e. The molecule has 2 rings (SSSR count). The first-order valence-electron chi connectivity index (χ1n) is 5.53. The van der Waals surface area contributed by atoms with Gasteiger partial charge in [0.25, 0.3) is 0 Å². The van der Waals surface area contributed by atoms with Crippen LogP contribution in [0.15, 0.2) is 54.6 Å². The lowest BCUT2D eigenvalue weighted by Crippen LogP contribution is -1.98. The molecule has 0 saturated carbocycles. The molecule has 2 aromatic rings. The molecule has 0 aromatic heterocycles. The molecule has 0 bridgehead atoms. The summed E-state index contributed by atoms with van der Waals surface area (Å²) in [5.74, 6) is 0.910. The summed E-state index contributed by atoms with van der Waals surface area (Å²) in [4.78, 5) is 11.2. The highest BCUT2D eigenvalue weighted by Gasteiger charge is 2.01. The van der Waals surface area contributed by atoms with E-state index in [4.69, 9.17) is 4.74 Å². The average molecular weight is 226 g/mol. The largest absolute Gasteiger partial charge is 0.489 e. The monoisotopic (exact) mass is 226 g/mol. The summed E-state index contributed by atoms with van der Waals surface area (Å²) in [5.41, 5.74) is 1.72. The van der Waals surface area contributed by atoms with Crippen LogP contribution in [-0.2, 0) is 6.61 Å². The van der Waals surface area contributed by atoms with Crippen molar-refractivity contribution < 1.29 is 9.53 Å². The Balaban J connectivity index is 2.04. The Morgan fingerprint density at radius 1 is 1.06 bits per heavy atom. The van der Waals surface area contributed by atoms with E-state index < -0.39 is 0 Å². The number of carbonyl (C=O) groups is 1. The third-order valence-electron chi connectivity index (χ3n) is 2.48. The minimum absolute atomic E-state index is 0.0755. The van der Waals surface area contributed by atoms with Crippen LogP contribution in [0.4, 0.5) is 0 Å². The summed E-state index contributed by atoms with van der Waals surface area (Å²) >= 11 is 0. The fourth-order valence-electron chi connectivity index (χ4n) is 1.56. The normalized spacial score (nSPS) is 9.94. The number of rotatable bonds is 4. The molecule has 0 heterocycles. The van der Waals surface area contributed by atoms with Gasteiger partial charge in [-0.2, -0.15) is 0 Å². The summed E-state index contributed by atoms with van der Waals surface area (Å²) in [7, 11) is 0. The van der Waals surface area contributed by atoms with Crippen molar-refractivity contribution in [3.05, 3.63) is 65.7 Å². The fraction of sp³-hybridized carbons (Fsp3) is 0.133. The molecule has 0 fully saturated rings. The van der Waals surface area contributed by atoms with Crippen molar-refractivity contribution in [1.29, 1.82) is 0 Å². The Bertz CT molecular complexity index is 503. The smallest absolute Gasteiger partial charge is 0.159 e. The maximum absolute atomic E-state index is 11.2. The van der Waals surface area contributed by atoms with E-state index in [2.05, 4.69) is 0 Å². The summed E-state index contributed by atoms with van der Waals surface area (Å²) in [5, 5.41) is 0. The first-order valence-corrected chi connectivity index (χ1v) is 5.53. The van der Waals surface area contributed by atoms with Gasteiger partial charge in [0.2, 0.25) is 0 Å². The van der Waals surface area contributed by atoms with E-state index in [9.17, 15) is 4.79 Å². The molecule has 2 heteroatoms. The predicted molar refractivity (Wildman–Crippen MR) is 67.2 cm³/mol. The van der Waals surface area contributed by atoms with E-state index in [-0.39, 0.29) is 5.78 Å². The van der Waals surface area contributed by atoms with Crippen LogP contribution < -0.4 is 4.74 Å². The Morgan fingerprint density at radius 3 is 2.53 bits per heavy atom. The van der Waals surface area contributed by atoms with Crippen LogP contribution in [-0.4, -0.2) is 5.78 Å². The lowest BCUT2D eigenvalue weighted by atomic mass is 10.1. The number of carbonyl (C=O) groups excluding carboxylic acids is 1. The molecule has 0 radical (unpaired) electrons. The molecular weight excluding hydrogens is 212 g/mol. The van der Waals surface area contributed by atoms with E-state index in [1.807, 2.05) is 54.6 Å². The summed E-state index contributed by atoms with van der Waals surface area (Å²) in [6.45, 7) is 2.04. The topological polar surface area (TPSA) is 26.3 Å². The van der Waals surface area contributed by atoms with Crippen molar-refractivity contribution in [2.75, 3.05) is 0 Å². The van der Waals surface area contributed by atoms with Gasteiger partial charge in [-0.1, -0.05) is 36.4 Å². The fourth-order valence-corrected chi connectivity index (χ4v) is 1.56. The second-order valence-corrected chi connectivity index (χ2v) is 3.86. The highest BCUT2D eigenvalue weighted by molar-refractivity contribution is 5.94.